The first-order valence-corrected chi connectivity index (χ1v) is 9.55. The number of ether oxygens (including phenoxy) is 1. The highest BCUT2D eigenvalue weighted by Crippen LogP contribution is 2.33. The van der Waals surface area contributed by atoms with E-state index in [2.05, 4.69) is 6.92 Å². The zero-order chi connectivity index (χ0) is 18.8. The summed E-state index contributed by atoms with van der Waals surface area (Å²) in [4.78, 5) is 25.5. The second-order valence-corrected chi connectivity index (χ2v) is 6.62. The Morgan fingerprint density at radius 1 is 1.00 bits per heavy atom. The minimum atomic E-state index is -0.302. The monoisotopic (exact) mass is 355 g/mol. The lowest BCUT2D eigenvalue weighted by Gasteiger charge is -2.26. The summed E-state index contributed by atoms with van der Waals surface area (Å²) in [5.41, 5.74) is 1.02. The number of unbranched alkanes of at least 4 members (excludes halogenated alkanes) is 1. The van der Waals surface area contributed by atoms with E-state index in [9.17, 15) is 9.59 Å². The first kappa shape index (κ1) is 20.0. The van der Waals surface area contributed by atoms with Crippen molar-refractivity contribution in [2.24, 2.45) is 5.92 Å². The van der Waals surface area contributed by atoms with Crippen molar-refractivity contribution < 1.29 is 14.3 Å². The van der Waals surface area contributed by atoms with Crippen molar-refractivity contribution in [2.75, 3.05) is 6.61 Å². The Bertz CT molecular complexity index is 664. The first-order chi connectivity index (χ1) is 12.7. The lowest BCUT2D eigenvalue weighted by atomic mass is 9.80. The molecule has 0 N–H and O–H groups in total. The van der Waals surface area contributed by atoms with Crippen molar-refractivity contribution in [2.45, 2.75) is 51.9 Å². The van der Waals surface area contributed by atoms with Gasteiger partial charge in [-0.1, -0.05) is 57.0 Å². The van der Waals surface area contributed by atoms with Crippen LogP contribution < -0.4 is 0 Å². The average Bonchev–Trinajstić information content (AvgIpc) is 3.21. The van der Waals surface area contributed by atoms with Crippen LogP contribution in [0.1, 0.15) is 62.2 Å². The number of nitrogens with zero attached hydrogens (tertiary/aromatic N) is 1. The predicted octanol–water partition coefficient (Wildman–Crippen LogP) is 5.06. The normalized spacial score (nSPS) is 13.2. The zero-order valence-electron chi connectivity index (χ0n) is 15.8. The van der Waals surface area contributed by atoms with Gasteiger partial charge in [0.15, 0.2) is 0 Å². The number of aromatic nitrogens is 1. The van der Waals surface area contributed by atoms with Crippen molar-refractivity contribution in [1.29, 1.82) is 0 Å². The summed E-state index contributed by atoms with van der Waals surface area (Å²) in [5, 5.41) is 0. The van der Waals surface area contributed by atoms with Gasteiger partial charge < -0.3 is 4.74 Å². The maximum absolute atomic E-state index is 12.8. The molecular formula is C22H29NO3. The van der Waals surface area contributed by atoms with E-state index in [0.29, 0.717) is 6.61 Å². The topological polar surface area (TPSA) is 48.3 Å². The Balaban J connectivity index is 2.28. The highest BCUT2D eigenvalue weighted by molar-refractivity contribution is 5.81. The Morgan fingerprint density at radius 2 is 1.69 bits per heavy atom. The Kier molecular flexibility index (Phi) is 8.13. The number of rotatable bonds is 10. The number of carbonyl (C=O) groups excluding carboxylic acids is 2. The van der Waals surface area contributed by atoms with Gasteiger partial charge in [0.1, 0.15) is 0 Å². The van der Waals surface area contributed by atoms with E-state index >= 15 is 0 Å². The molecule has 2 atom stereocenters. The molecule has 0 aliphatic heterocycles. The molecule has 1 aromatic carbocycles. The largest absolute Gasteiger partial charge is 0.465 e. The van der Waals surface area contributed by atoms with Crippen LogP contribution in [0.5, 0.6) is 0 Å². The van der Waals surface area contributed by atoms with Crippen LogP contribution in [0.25, 0.3) is 0 Å². The second-order valence-electron chi connectivity index (χ2n) is 6.62. The van der Waals surface area contributed by atoms with Gasteiger partial charge in [0.05, 0.1) is 12.5 Å². The molecular weight excluding hydrogens is 326 g/mol. The van der Waals surface area contributed by atoms with E-state index in [1.165, 1.54) is 0 Å². The molecule has 0 amide bonds. The fraction of sp³-hybridized carbons (Fsp3) is 0.455. The molecule has 0 aliphatic rings. The lowest BCUT2D eigenvalue weighted by Crippen LogP contribution is -2.28. The van der Waals surface area contributed by atoms with Crippen LogP contribution in [0.2, 0.25) is 0 Å². The molecule has 1 heterocycles. The molecule has 4 nitrogen and oxygen atoms in total. The van der Waals surface area contributed by atoms with Crippen molar-refractivity contribution in [3.63, 3.8) is 0 Å². The SMILES string of the molecule is CCCCC(C(=O)OCCC)[C@H](CC(=O)n1cccc1)c1ccccc1. The van der Waals surface area contributed by atoms with Crippen LogP contribution in [0.15, 0.2) is 54.9 Å². The van der Waals surface area contributed by atoms with Gasteiger partial charge in [-0.15, -0.1) is 0 Å². The standard InChI is InChI=1S/C22H29NO3/c1-3-5-13-19(22(25)26-16-4-2)20(18-11-7-6-8-12-18)17-21(24)23-14-9-10-15-23/h6-12,14-15,19-20H,3-5,13,16-17H2,1-2H3/t19?,20-/m1/s1. The van der Waals surface area contributed by atoms with E-state index in [0.717, 1.165) is 31.2 Å². The van der Waals surface area contributed by atoms with Gasteiger partial charge >= 0.3 is 5.97 Å². The maximum atomic E-state index is 12.8. The van der Waals surface area contributed by atoms with Crippen molar-refractivity contribution in [3.8, 4) is 0 Å². The van der Waals surface area contributed by atoms with Gasteiger partial charge in [-0.05, 0) is 30.5 Å². The van der Waals surface area contributed by atoms with Crippen LogP contribution in [0.3, 0.4) is 0 Å². The number of esters is 1. The third kappa shape index (κ3) is 5.58. The third-order valence-electron chi connectivity index (χ3n) is 4.62. The van der Waals surface area contributed by atoms with Gasteiger partial charge in [-0.25, -0.2) is 0 Å². The molecule has 0 bridgehead atoms. The molecule has 4 heteroatoms. The van der Waals surface area contributed by atoms with E-state index < -0.39 is 0 Å². The molecule has 140 valence electrons. The molecule has 0 fully saturated rings. The van der Waals surface area contributed by atoms with E-state index in [1.807, 2.05) is 49.4 Å². The van der Waals surface area contributed by atoms with Gasteiger partial charge in [-0.2, -0.15) is 0 Å². The maximum Gasteiger partial charge on any atom is 0.309 e. The van der Waals surface area contributed by atoms with Crippen LogP contribution in [-0.2, 0) is 9.53 Å². The van der Waals surface area contributed by atoms with Crippen LogP contribution in [0, 0.1) is 5.92 Å². The molecule has 0 aliphatic carbocycles. The molecule has 26 heavy (non-hydrogen) atoms. The summed E-state index contributed by atoms with van der Waals surface area (Å²) < 4.78 is 7.06. The van der Waals surface area contributed by atoms with Crippen molar-refractivity contribution in [3.05, 3.63) is 60.4 Å². The highest BCUT2D eigenvalue weighted by atomic mass is 16.5. The third-order valence-corrected chi connectivity index (χ3v) is 4.62. The molecule has 2 aromatic rings. The van der Waals surface area contributed by atoms with E-state index in [-0.39, 0.29) is 30.1 Å². The molecule has 0 saturated heterocycles. The van der Waals surface area contributed by atoms with Gasteiger partial charge in [0, 0.05) is 24.7 Å². The van der Waals surface area contributed by atoms with E-state index in [4.69, 9.17) is 4.74 Å². The van der Waals surface area contributed by atoms with Crippen LogP contribution in [0.4, 0.5) is 0 Å². The van der Waals surface area contributed by atoms with Gasteiger partial charge in [0.2, 0.25) is 5.91 Å². The first-order valence-electron chi connectivity index (χ1n) is 9.55. The average molecular weight is 355 g/mol. The summed E-state index contributed by atoms with van der Waals surface area (Å²) in [6.07, 6.45) is 7.26. The van der Waals surface area contributed by atoms with Gasteiger partial charge in [-0.3, -0.25) is 14.2 Å². The predicted molar refractivity (Wildman–Crippen MR) is 103 cm³/mol. The molecule has 0 spiro atoms. The summed E-state index contributed by atoms with van der Waals surface area (Å²) in [5.74, 6) is -0.673. The zero-order valence-corrected chi connectivity index (χ0v) is 15.8. The minimum absolute atomic E-state index is 0.00589. The lowest BCUT2D eigenvalue weighted by molar-refractivity contribution is -0.149. The summed E-state index contributed by atoms with van der Waals surface area (Å²) in [7, 11) is 0. The highest BCUT2D eigenvalue weighted by Gasteiger charge is 2.32. The van der Waals surface area contributed by atoms with Gasteiger partial charge in [0.25, 0.3) is 0 Å². The molecule has 1 aromatic heterocycles. The smallest absolute Gasteiger partial charge is 0.309 e. The molecule has 2 rings (SSSR count). The van der Waals surface area contributed by atoms with Crippen LogP contribution in [-0.4, -0.2) is 23.1 Å². The van der Waals surface area contributed by atoms with Crippen molar-refractivity contribution in [1.82, 2.24) is 4.57 Å². The van der Waals surface area contributed by atoms with Crippen LogP contribution >= 0.6 is 0 Å². The minimum Gasteiger partial charge on any atom is -0.465 e. The number of hydrogen-bond donors (Lipinski definition) is 0. The molecule has 0 radical (unpaired) electrons. The summed E-state index contributed by atoms with van der Waals surface area (Å²) >= 11 is 0. The van der Waals surface area contributed by atoms with E-state index in [1.54, 1.807) is 17.0 Å². The second kappa shape index (κ2) is 10.6. The number of hydrogen-bond acceptors (Lipinski definition) is 3. The Hall–Kier alpha value is -2.36. The molecule has 0 saturated carbocycles. The number of benzene rings is 1. The summed E-state index contributed by atoms with van der Waals surface area (Å²) in [6, 6.07) is 13.5. The molecule has 1 unspecified atom stereocenters. The Labute approximate surface area is 156 Å². The Morgan fingerprint density at radius 3 is 2.31 bits per heavy atom. The number of carbonyl (C=O) groups is 2. The quantitative estimate of drug-likeness (QED) is 0.560. The van der Waals surface area contributed by atoms with Crippen molar-refractivity contribution >= 4 is 11.9 Å². The summed E-state index contributed by atoms with van der Waals surface area (Å²) in [6.45, 7) is 4.52. The fourth-order valence-electron chi connectivity index (χ4n) is 3.20. The fourth-order valence-corrected chi connectivity index (χ4v) is 3.20.